The van der Waals surface area contributed by atoms with Crippen LogP contribution in [0.15, 0.2) is 12.2 Å². The minimum absolute atomic E-state index is 0.150. The molecule has 1 rings (SSSR count). The average molecular weight is 401 g/mol. The predicted molar refractivity (Wildman–Crippen MR) is 113 cm³/mol. The lowest BCUT2D eigenvalue weighted by molar-refractivity contribution is -0.0938. The van der Waals surface area contributed by atoms with Crippen LogP contribution in [0.5, 0.6) is 0 Å². The molecule has 3 N–H and O–H groups in total. The van der Waals surface area contributed by atoms with Crippen LogP contribution in [0.4, 0.5) is 0 Å². The van der Waals surface area contributed by atoms with Gasteiger partial charge in [-0.2, -0.15) is 0 Å². The summed E-state index contributed by atoms with van der Waals surface area (Å²) in [4.78, 5) is 0. The molecule has 0 aromatic heterocycles. The number of ether oxygens (including phenoxy) is 2. The zero-order valence-corrected chi connectivity index (χ0v) is 17.9. The van der Waals surface area contributed by atoms with Crippen LogP contribution in [0, 0.1) is 0 Å². The number of hydrogen-bond acceptors (Lipinski definition) is 5. The van der Waals surface area contributed by atoms with E-state index in [0.29, 0.717) is 6.61 Å². The number of rotatable bonds is 18. The fourth-order valence-corrected chi connectivity index (χ4v) is 3.65. The topological polar surface area (TPSA) is 79.2 Å². The summed E-state index contributed by atoms with van der Waals surface area (Å²) in [6, 6.07) is 0. The highest BCUT2D eigenvalue weighted by atomic mass is 16.6. The van der Waals surface area contributed by atoms with Gasteiger partial charge in [0.2, 0.25) is 0 Å². The first-order valence-corrected chi connectivity index (χ1v) is 11.6. The smallest absolute Gasteiger partial charge is 0.114 e. The Morgan fingerprint density at radius 2 is 1.50 bits per heavy atom. The molecular weight excluding hydrogens is 356 g/mol. The van der Waals surface area contributed by atoms with Gasteiger partial charge in [-0.3, -0.25) is 0 Å². The van der Waals surface area contributed by atoms with E-state index in [1.54, 1.807) is 0 Å². The second kappa shape index (κ2) is 17.4. The second-order valence-corrected chi connectivity index (χ2v) is 8.03. The van der Waals surface area contributed by atoms with Crippen molar-refractivity contribution in [3.05, 3.63) is 12.2 Å². The van der Waals surface area contributed by atoms with Crippen molar-refractivity contribution in [2.45, 2.75) is 115 Å². The van der Waals surface area contributed by atoms with Gasteiger partial charge in [-0.05, 0) is 32.1 Å². The van der Waals surface area contributed by atoms with E-state index in [4.69, 9.17) is 14.6 Å². The standard InChI is InChI=1S/C23H44O5/c1-2-3-4-5-6-7-8-9-10-11-12-13-14-15-16-17-27-23-21(26)19-28-22(23)20(25)18-24/h10-11,20-26H,2-9,12-19H2,1H3/b11-10+/t20-,21+,22+,23+/m0/s1. The summed E-state index contributed by atoms with van der Waals surface area (Å²) in [5.41, 5.74) is 0. The van der Waals surface area contributed by atoms with E-state index >= 15 is 0 Å². The number of aliphatic hydroxyl groups excluding tert-OH is 3. The molecule has 1 aliphatic heterocycles. The number of hydrogen-bond donors (Lipinski definition) is 3. The molecule has 0 aliphatic carbocycles. The van der Waals surface area contributed by atoms with Gasteiger partial charge in [0.1, 0.15) is 24.4 Å². The van der Waals surface area contributed by atoms with E-state index in [1.807, 2.05) is 0 Å². The summed E-state index contributed by atoms with van der Waals surface area (Å²) in [7, 11) is 0. The van der Waals surface area contributed by atoms with Crippen molar-refractivity contribution in [3.63, 3.8) is 0 Å². The van der Waals surface area contributed by atoms with Crippen molar-refractivity contribution in [3.8, 4) is 0 Å². The van der Waals surface area contributed by atoms with E-state index in [-0.39, 0.29) is 13.2 Å². The average Bonchev–Trinajstić information content (AvgIpc) is 3.07. The van der Waals surface area contributed by atoms with Gasteiger partial charge >= 0.3 is 0 Å². The Morgan fingerprint density at radius 3 is 2.11 bits per heavy atom. The summed E-state index contributed by atoms with van der Waals surface area (Å²) < 4.78 is 11.0. The number of unbranched alkanes of at least 4 members (excludes halogenated alkanes) is 11. The monoisotopic (exact) mass is 400 g/mol. The molecule has 0 amide bonds. The normalized spacial score (nSPS) is 23.6. The summed E-state index contributed by atoms with van der Waals surface area (Å²) in [5, 5.41) is 28.6. The molecule has 1 fully saturated rings. The van der Waals surface area contributed by atoms with E-state index < -0.39 is 24.4 Å². The fourth-order valence-electron chi connectivity index (χ4n) is 3.65. The largest absolute Gasteiger partial charge is 0.394 e. The highest BCUT2D eigenvalue weighted by Crippen LogP contribution is 2.21. The Balaban J connectivity index is 1.90. The molecule has 0 aromatic rings. The van der Waals surface area contributed by atoms with Crippen molar-refractivity contribution >= 4 is 0 Å². The van der Waals surface area contributed by atoms with Gasteiger partial charge in [0.15, 0.2) is 0 Å². The maximum Gasteiger partial charge on any atom is 0.114 e. The zero-order valence-electron chi connectivity index (χ0n) is 17.9. The maximum atomic E-state index is 9.88. The lowest BCUT2D eigenvalue weighted by Crippen LogP contribution is -2.42. The van der Waals surface area contributed by atoms with Gasteiger partial charge in [0.05, 0.1) is 13.2 Å². The SMILES string of the molecule is CCCCCCCCC/C=C/CCCCCCO[C@H]1[C@@H]([C@@H](O)CO)OC[C@H]1O. The van der Waals surface area contributed by atoms with Crippen LogP contribution < -0.4 is 0 Å². The lowest BCUT2D eigenvalue weighted by Gasteiger charge is -2.23. The predicted octanol–water partition coefficient (Wildman–Crippen LogP) is 4.13. The van der Waals surface area contributed by atoms with Gasteiger partial charge in [0.25, 0.3) is 0 Å². The highest BCUT2D eigenvalue weighted by molar-refractivity contribution is 4.89. The van der Waals surface area contributed by atoms with Gasteiger partial charge in [-0.15, -0.1) is 0 Å². The van der Waals surface area contributed by atoms with Crippen molar-refractivity contribution < 1.29 is 24.8 Å². The third-order valence-corrected chi connectivity index (χ3v) is 5.45. The highest BCUT2D eigenvalue weighted by Gasteiger charge is 2.40. The Morgan fingerprint density at radius 1 is 0.929 bits per heavy atom. The van der Waals surface area contributed by atoms with Crippen molar-refractivity contribution in [2.75, 3.05) is 19.8 Å². The molecule has 5 nitrogen and oxygen atoms in total. The molecule has 1 heterocycles. The fraction of sp³-hybridized carbons (Fsp3) is 0.913. The molecule has 1 saturated heterocycles. The molecule has 0 spiro atoms. The lowest BCUT2D eigenvalue weighted by atomic mass is 10.1. The van der Waals surface area contributed by atoms with E-state index in [0.717, 1.165) is 19.3 Å². The molecule has 5 heteroatoms. The molecule has 1 aliphatic rings. The summed E-state index contributed by atoms with van der Waals surface area (Å²) in [6.45, 7) is 2.58. The Labute approximate surface area is 172 Å². The molecule has 0 bridgehead atoms. The Bertz CT molecular complexity index is 374. The molecule has 0 aromatic carbocycles. The van der Waals surface area contributed by atoms with Crippen LogP contribution in [-0.2, 0) is 9.47 Å². The van der Waals surface area contributed by atoms with Crippen LogP contribution in [0.25, 0.3) is 0 Å². The van der Waals surface area contributed by atoms with Crippen LogP contribution in [0.3, 0.4) is 0 Å². The second-order valence-electron chi connectivity index (χ2n) is 8.03. The van der Waals surface area contributed by atoms with E-state index in [1.165, 1.54) is 64.2 Å². The van der Waals surface area contributed by atoms with E-state index in [9.17, 15) is 10.2 Å². The van der Waals surface area contributed by atoms with Gasteiger partial charge < -0.3 is 24.8 Å². The van der Waals surface area contributed by atoms with Crippen LogP contribution >= 0.6 is 0 Å². The Hall–Kier alpha value is -0.460. The maximum absolute atomic E-state index is 9.88. The van der Waals surface area contributed by atoms with Gasteiger partial charge in [-0.25, -0.2) is 0 Å². The Kier molecular flexibility index (Phi) is 15.9. The van der Waals surface area contributed by atoms with Crippen molar-refractivity contribution in [1.82, 2.24) is 0 Å². The van der Waals surface area contributed by atoms with Gasteiger partial charge in [-0.1, -0.05) is 70.4 Å². The van der Waals surface area contributed by atoms with Crippen LogP contribution in [-0.4, -0.2) is 59.6 Å². The minimum atomic E-state index is -1.00. The molecule has 4 atom stereocenters. The summed E-state index contributed by atoms with van der Waals surface area (Å²) >= 11 is 0. The summed E-state index contributed by atoms with van der Waals surface area (Å²) in [6.07, 6.45) is 18.1. The van der Waals surface area contributed by atoms with Crippen LogP contribution in [0.2, 0.25) is 0 Å². The zero-order chi connectivity index (χ0) is 20.5. The van der Waals surface area contributed by atoms with Crippen molar-refractivity contribution in [2.24, 2.45) is 0 Å². The molecule has 0 radical (unpaired) electrons. The third-order valence-electron chi connectivity index (χ3n) is 5.45. The number of aliphatic hydroxyl groups is 3. The molecule has 28 heavy (non-hydrogen) atoms. The minimum Gasteiger partial charge on any atom is -0.394 e. The van der Waals surface area contributed by atoms with Crippen molar-refractivity contribution in [1.29, 1.82) is 0 Å². The first kappa shape index (κ1) is 25.6. The first-order valence-electron chi connectivity index (χ1n) is 11.6. The quantitative estimate of drug-likeness (QED) is 0.238. The van der Waals surface area contributed by atoms with Gasteiger partial charge in [0, 0.05) is 6.61 Å². The third kappa shape index (κ3) is 11.5. The van der Waals surface area contributed by atoms with Crippen LogP contribution in [0.1, 0.15) is 90.4 Å². The molecular formula is C23H44O5. The molecule has 0 saturated carbocycles. The first-order chi connectivity index (χ1) is 13.7. The summed E-state index contributed by atoms with van der Waals surface area (Å²) in [5.74, 6) is 0. The van der Waals surface area contributed by atoms with E-state index in [2.05, 4.69) is 19.1 Å². The number of allylic oxidation sites excluding steroid dienone is 2. The molecule has 0 unspecified atom stereocenters. The molecule has 166 valence electrons.